The third kappa shape index (κ3) is 1.86. The van der Waals surface area contributed by atoms with Crippen molar-refractivity contribution >= 4 is 11.6 Å². The van der Waals surface area contributed by atoms with Crippen molar-refractivity contribution in [3.63, 3.8) is 0 Å². The number of fused-ring (bicyclic) bond motifs is 1. The third-order valence-corrected chi connectivity index (χ3v) is 3.63. The van der Waals surface area contributed by atoms with E-state index in [-0.39, 0.29) is 28.0 Å². The summed E-state index contributed by atoms with van der Waals surface area (Å²) in [5.41, 5.74) is 6.35. The first-order valence-electron chi connectivity index (χ1n) is 6.50. The van der Waals surface area contributed by atoms with Crippen molar-refractivity contribution in [3.8, 4) is 5.88 Å². The normalized spacial score (nSPS) is 17.0. The molecule has 0 atom stereocenters. The number of carbonyl (C=O) groups is 1. The van der Waals surface area contributed by atoms with Gasteiger partial charge in [-0.2, -0.15) is 0 Å². The molecule has 20 heavy (non-hydrogen) atoms. The highest BCUT2D eigenvalue weighted by Gasteiger charge is 2.35. The van der Waals surface area contributed by atoms with Gasteiger partial charge in [0.05, 0.1) is 11.8 Å². The lowest BCUT2D eigenvalue weighted by molar-refractivity contribution is 0.0907. The molecular formula is C15H16N2O3. The van der Waals surface area contributed by atoms with Gasteiger partial charge in [0.15, 0.2) is 11.2 Å². The minimum absolute atomic E-state index is 0.124. The van der Waals surface area contributed by atoms with Gasteiger partial charge in [0, 0.05) is 24.2 Å². The van der Waals surface area contributed by atoms with Crippen molar-refractivity contribution in [3.05, 3.63) is 45.9 Å². The highest BCUT2D eigenvalue weighted by molar-refractivity contribution is 5.98. The van der Waals surface area contributed by atoms with E-state index >= 15 is 0 Å². The second-order valence-corrected chi connectivity index (χ2v) is 5.98. The molecule has 1 aliphatic rings. The van der Waals surface area contributed by atoms with Gasteiger partial charge in [-0.3, -0.25) is 14.2 Å². The monoisotopic (exact) mass is 272 g/mol. The number of pyridine rings is 1. The van der Waals surface area contributed by atoms with Gasteiger partial charge in [0.25, 0.3) is 0 Å². The van der Waals surface area contributed by atoms with E-state index in [1.807, 2.05) is 13.8 Å². The molecule has 0 amide bonds. The van der Waals surface area contributed by atoms with Crippen LogP contribution in [-0.2, 0) is 6.42 Å². The Hall–Kier alpha value is -2.30. The molecule has 2 N–H and O–H groups in total. The molecule has 0 bridgehead atoms. The van der Waals surface area contributed by atoms with Crippen molar-refractivity contribution < 1.29 is 9.21 Å². The predicted molar refractivity (Wildman–Crippen MR) is 75.1 cm³/mol. The zero-order valence-corrected chi connectivity index (χ0v) is 11.5. The Labute approximate surface area is 116 Å². The van der Waals surface area contributed by atoms with Crippen LogP contribution in [0.5, 0.6) is 0 Å². The summed E-state index contributed by atoms with van der Waals surface area (Å²) < 4.78 is 7.04. The predicted octanol–water partition coefficient (Wildman–Crippen LogP) is 2.17. The summed E-state index contributed by atoms with van der Waals surface area (Å²) in [6.45, 7) is 4.02. The summed E-state index contributed by atoms with van der Waals surface area (Å²) in [7, 11) is 0. The molecule has 0 aromatic carbocycles. The SMILES string of the molecule is CC1(C)CC(=O)c2c(n(-c3ccco3)c(N)cc2=O)C1. The fraction of sp³-hybridized carbons (Fsp3) is 0.333. The molecule has 0 fully saturated rings. The van der Waals surface area contributed by atoms with Gasteiger partial charge in [-0.1, -0.05) is 13.8 Å². The summed E-state index contributed by atoms with van der Waals surface area (Å²) >= 11 is 0. The number of hydrogen-bond acceptors (Lipinski definition) is 4. The summed E-state index contributed by atoms with van der Waals surface area (Å²) in [5.74, 6) is 0.681. The van der Waals surface area contributed by atoms with Crippen LogP contribution in [0.25, 0.3) is 5.88 Å². The van der Waals surface area contributed by atoms with Gasteiger partial charge in [-0.25, -0.2) is 0 Å². The number of Topliss-reactive ketones (excluding diaryl/α,β-unsaturated/α-hetero) is 1. The molecule has 0 radical (unpaired) electrons. The zero-order valence-electron chi connectivity index (χ0n) is 11.5. The standard InChI is InChI=1S/C15H16N2O3/c1-15(2)7-9-14(11(19)8-15)10(18)6-12(16)17(9)13-4-3-5-20-13/h3-6H,7-8,16H2,1-2H3. The maximum Gasteiger partial charge on any atom is 0.205 e. The molecule has 0 unspecified atom stereocenters. The van der Waals surface area contributed by atoms with Crippen molar-refractivity contribution in [1.29, 1.82) is 0 Å². The Morgan fingerprint density at radius 3 is 2.70 bits per heavy atom. The van der Waals surface area contributed by atoms with E-state index in [1.54, 1.807) is 16.7 Å². The van der Waals surface area contributed by atoms with Gasteiger partial charge < -0.3 is 10.2 Å². The number of nitrogens with two attached hydrogens (primary N) is 1. The first-order chi connectivity index (χ1) is 9.39. The molecule has 104 valence electrons. The maximum atomic E-state index is 12.3. The first-order valence-corrected chi connectivity index (χ1v) is 6.50. The Bertz CT molecular complexity index is 739. The molecular weight excluding hydrogens is 256 g/mol. The number of rotatable bonds is 1. The minimum atomic E-state index is -0.305. The van der Waals surface area contributed by atoms with E-state index in [0.717, 1.165) is 0 Å². The Kier molecular flexibility index (Phi) is 2.61. The molecule has 0 saturated heterocycles. The molecule has 2 aromatic heterocycles. The van der Waals surface area contributed by atoms with Gasteiger partial charge in [0.1, 0.15) is 5.82 Å². The van der Waals surface area contributed by atoms with Crippen molar-refractivity contribution in [2.45, 2.75) is 26.7 Å². The number of nitrogen functional groups attached to an aromatic ring is 1. The highest BCUT2D eigenvalue weighted by atomic mass is 16.3. The number of nitrogens with zero attached hydrogens (tertiary/aromatic N) is 1. The fourth-order valence-electron chi connectivity index (χ4n) is 2.84. The quantitative estimate of drug-likeness (QED) is 0.863. The van der Waals surface area contributed by atoms with E-state index in [9.17, 15) is 9.59 Å². The van der Waals surface area contributed by atoms with Gasteiger partial charge in [-0.15, -0.1) is 0 Å². The van der Waals surface area contributed by atoms with Crippen LogP contribution in [0.1, 0.15) is 36.3 Å². The number of aromatic nitrogens is 1. The van der Waals surface area contributed by atoms with Gasteiger partial charge in [-0.05, 0) is 17.9 Å². The number of hydrogen-bond donors (Lipinski definition) is 1. The van der Waals surface area contributed by atoms with Crippen LogP contribution in [0.15, 0.2) is 33.7 Å². The molecule has 3 rings (SSSR count). The second kappa shape index (κ2) is 4.10. The molecule has 2 heterocycles. The van der Waals surface area contributed by atoms with Crippen molar-refractivity contribution in [2.75, 3.05) is 5.73 Å². The van der Waals surface area contributed by atoms with Crippen LogP contribution in [0.3, 0.4) is 0 Å². The van der Waals surface area contributed by atoms with E-state index in [4.69, 9.17) is 10.2 Å². The van der Waals surface area contributed by atoms with Crippen LogP contribution >= 0.6 is 0 Å². The number of ketones is 1. The lowest BCUT2D eigenvalue weighted by Crippen LogP contribution is -2.35. The molecule has 0 saturated carbocycles. The molecule has 2 aromatic rings. The summed E-state index contributed by atoms with van der Waals surface area (Å²) in [4.78, 5) is 24.4. The lowest BCUT2D eigenvalue weighted by Gasteiger charge is -2.31. The smallest absolute Gasteiger partial charge is 0.205 e. The number of furan rings is 1. The van der Waals surface area contributed by atoms with E-state index < -0.39 is 0 Å². The Balaban J connectivity index is 2.35. The molecule has 5 nitrogen and oxygen atoms in total. The Morgan fingerprint density at radius 1 is 1.30 bits per heavy atom. The van der Waals surface area contributed by atoms with Crippen LogP contribution in [0, 0.1) is 5.41 Å². The van der Waals surface area contributed by atoms with Gasteiger partial charge >= 0.3 is 0 Å². The summed E-state index contributed by atoms with van der Waals surface area (Å²) in [5, 5.41) is 0. The Morgan fingerprint density at radius 2 is 2.05 bits per heavy atom. The lowest BCUT2D eigenvalue weighted by atomic mass is 9.75. The number of carbonyl (C=O) groups excluding carboxylic acids is 1. The molecule has 1 aliphatic carbocycles. The molecule has 0 spiro atoms. The van der Waals surface area contributed by atoms with Gasteiger partial charge in [0.2, 0.25) is 5.88 Å². The number of anilines is 1. The van der Waals surface area contributed by atoms with E-state index in [1.165, 1.54) is 12.3 Å². The molecule has 5 heteroatoms. The first kappa shape index (κ1) is 12.7. The maximum absolute atomic E-state index is 12.3. The average molecular weight is 272 g/mol. The van der Waals surface area contributed by atoms with E-state index in [2.05, 4.69) is 0 Å². The summed E-state index contributed by atoms with van der Waals surface area (Å²) in [6, 6.07) is 4.79. The fourth-order valence-corrected chi connectivity index (χ4v) is 2.84. The van der Waals surface area contributed by atoms with Crippen molar-refractivity contribution in [1.82, 2.24) is 4.57 Å². The van der Waals surface area contributed by atoms with E-state index in [0.29, 0.717) is 24.4 Å². The zero-order chi connectivity index (χ0) is 14.5. The minimum Gasteiger partial charge on any atom is -0.448 e. The van der Waals surface area contributed by atoms with Crippen molar-refractivity contribution in [2.24, 2.45) is 5.41 Å². The topological polar surface area (TPSA) is 78.2 Å². The molecule has 0 aliphatic heterocycles. The second-order valence-electron chi connectivity index (χ2n) is 5.98. The van der Waals surface area contributed by atoms with Crippen LogP contribution in [-0.4, -0.2) is 10.4 Å². The third-order valence-electron chi connectivity index (χ3n) is 3.63. The highest BCUT2D eigenvalue weighted by Crippen LogP contribution is 2.35. The van der Waals surface area contributed by atoms with Crippen LogP contribution < -0.4 is 11.2 Å². The van der Waals surface area contributed by atoms with Crippen LogP contribution in [0.4, 0.5) is 5.82 Å². The largest absolute Gasteiger partial charge is 0.448 e. The van der Waals surface area contributed by atoms with Crippen LogP contribution in [0.2, 0.25) is 0 Å². The summed E-state index contributed by atoms with van der Waals surface area (Å²) in [6.07, 6.45) is 2.52. The average Bonchev–Trinajstić information content (AvgIpc) is 2.79.